The Kier molecular flexibility index (Phi) is 3.62. The van der Waals surface area contributed by atoms with Crippen molar-refractivity contribution in [3.63, 3.8) is 0 Å². The largest absolute Gasteiger partial charge is 0.467 e. The van der Waals surface area contributed by atoms with Gasteiger partial charge in [-0.1, -0.05) is 0 Å². The third-order valence-corrected chi connectivity index (χ3v) is 2.76. The van der Waals surface area contributed by atoms with Crippen molar-refractivity contribution in [2.75, 3.05) is 13.1 Å². The molecule has 4 nitrogen and oxygen atoms in total. The molecule has 0 unspecified atom stereocenters. The van der Waals surface area contributed by atoms with E-state index in [9.17, 15) is 4.79 Å². The first-order valence-corrected chi connectivity index (χ1v) is 5.79. The molecule has 2 rings (SSSR count). The van der Waals surface area contributed by atoms with Crippen LogP contribution in [0.3, 0.4) is 0 Å². The number of amides is 1. The van der Waals surface area contributed by atoms with E-state index in [0.29, 0.717) is 6.54 Å². The highest BCUT2D eigenvalue weighted by molar-refractivity contribution is 5.78. The van der Waals surface area contributed by atoms with Gasteiger partial charge in [-0.25, -0.2) is 0 Å². The molecule has 0 spiro atoms. The van der Waals surface area contributed by atoms with E-state index in [1.165, 1.54) is 12.8 Å². The molecule has 1 aromatic heterocycles. The third kappa shape index (κ3) is 3.38. The van der Waals surface area contributed by atoms with Crippen LogP contribution in [0.2, 0.25) is 0 Å². The summed E-state index contributed by atoms with van der Waals surface area (Å²) in [6.07, 6.45) is 4.22. The van der Waals surface area contributed by atoms with Crippen LogP contribution in [0.1, 0.15) is 31.6 Å². The predicted octanol–water partition coefficient (Wildman–Crippen LogP) is 1.46. The van der Waals surface area contributed by atoms with Crippen molar-refractivity contribution in [2.24, 2.45) is 5.92 Å². The monoisotopic (exact) mass is 222 g/mol. The molecule has 1 heterocycles. The van der Waals surface area contributed by atoms with Crippen LogP contribution in [0.25, 0.3) is 0 Å². The maximum atomic E-state index is 11.5. The molecule has 16 heavy (non-hydrogen) atoms. The molecule has 0 aliphatic heterocycles. The van der Waals surface area contributed by atoms with Gasteiger partial charge in [0.25, 0.3) is 0 Å². The van der Waals surface area contributed by atoms with E-state index in [0.717, 1.165) is 18.2 Å². The highest BCUT2D eigenvalue weighted by atomic mass is 16.3. The summed E-state index contributed by atoms with van der Waals surface area (Å²) in [6.45, 7) is 3.27. The van der Waals surface area contributed by atoms with Crippen LogP contribution in [0.4, 0.5) is 0 Å². The first-order valence-electron chi connectivity index (χ1n) is 5.79. The van der Waals surface area contributed by atoms with Crippen molar-refractivity contribution in [1.82, 2.24) is 10.6 Å². The van der Waals surface area contributed by atoms with Crippen LogP contribution in [0, 0.1) is 5.92 Å². The molecule has 1 atom stereocenters. The van der Waals surface area contributed by atoms with Crippen LogP contribution < -0.4 is 10.6 Å². The fourth-order valence-corrected chi connectivity index (χ4v) is 1.61. The maximum absolute atomic E-state index is 11.5. The second-order valence-corrected chi connectivity index (χ2v) is 4.38. The van der Waals surface area contributed by atoms with Gasteiger partial charge in [0.15, 0.2) is 0 Å². The highest BCUT2D eigenvalue weighted by Crippen LogP contribution is 2.27. The first kappa shape index (κ1) is 11.2. The standard InChI is InChI=1S/C12H18N2O2/c1-9(11-3-2-6-16-11)14-12(15)8-13-7-10-4-5-10/h2-3,6,9-10,13H,4-5,7-8H2,1H3,(H,14,15)/t9-/m0/s1. The van der Waals surface area contributed by atoms with E-state index < -0.39 is 0 Å². The Morgan fingerprint density at radius 2 is 2.44 bits per heavy atom. The normalized spacial score (nSPS) is 17.1. The van der Waals surface area contributed by atoms with Crippen molar-refractivity contribution in [3.8, 4) is 0 Å². The van der Waals surface area contributed by atoms with Gasteiger partial charge in [0.2, 0.25) is 5.91 Å². The smallest absolute Gasteiger partial charge is 0.234 e. The van der Waals surface area contributed by atoms with Gasteiger partial charge in [-0.15, -0.1) is 0 Å². The maximum Gasteiger partial charge on any atom is 0.234 e. The second kappa shape index (κ2) is 5.16. The molecule has 2 N–H and O–H groups in total. The Balaban J connectivity index is 1.65. The van der Waals surface area contributed by atoms with Crippen LogP contribution in [0.15, 0.2) is 22.8 Å². The van der Waals surface area contributed by atoms with E-state index >= 15 is 0 Å². The molecule has 1 aliphatic rings. The lowest BCUT2D eigenvalue weighted by Gasteiger charge is -2.11. The van der Waals surface area contributed by atoms with Gasteiger partial charge in [0, 0.05) is 0 Å². The van der Waals surface area contributed by atoms with Crippen molar-refractivity contribution < 1.29 is 9.21 Å². The number of furan rings is 1. The molecule has 0 saturated heterocycles. The summed E-state index contributed by atoms with van der Waals surface area (Å²) in [4.78, 5) is 11.5. The average molecular weight is 222 g/mol. The molecule has 4 heteroatoms. The zero-order chi connectivity index (χ0) is 11.4. The lowest BCUT2D eigenvalue weighted by molar-refractivity contribution is -0.121. The van der Waals surface area contributed by atoms with Crippen LogP contribution >= 0.6 is 0 Å². The summed E-state index contributed by atoms with van der Waals surface area (Å²) in [6, 6.07) is 3.62. The molecule has 1 saturated carbocycles. The highest BCUT2D eigenvalue weighted by Gasteiger charge is 2.20. The Morgan fingerprint density at radius 1 is 1.62 bits per heavy atom. The summed E-state index contributed by atoms with van der Waals surface area (Å²) in [5, 5.41) is 6.04. The zero-order valence-electron chi connectivity index (χ0n) is 9.53. The molecule has 0 radical (unpaired) electrons. The van der Waals surface area contributed by atoms with Crippen LogP contribution in [0.5, 0.6) is 0 Å². The number of rotatable bonds is 6. The van der Waals surface area contributed by atoms with E-state index in [4.69, 9.17) is 4.42 Å². The van der Waals surface area contributed by atoms with Crippen LogP contribution in [-0.4, -0.2) is 19.0 Å². The lowest BCUT2D eigenvalue weighted by Crippen LogP contribution is -2.36. The lowest BCUT2D eigenvalue weighted by atomic mass is 10.2. The topological polar surface area (TPSA) is 54.3 Å². The number of nitrogens with one attached hydrogen (secondary N) is 2. The number of hydrogen-bond acceptors (Lipinski definition) is 3. The predicted molar refractivity (Wildman–Crippen MR) is 60.9 cm³/mol. The summed E-state index contributed by atoms with van der Waals surface area (Å²) >= 11 is 0. The Morgan fingerprint density at radius 3 is 3.06 bits per heavy atom. The minimum absolute atomic E-state index is 0.0181. The third-order valence-electron chi connectivity index (χ3n) is 2.76. The van der Waals surface area contributed by atoms with Gasteiger partial charge in [-0.05, 0) is 44.4 Å². The van der Waals surface area contributed by atoms with Crippen molar-refractivity contribution >= 4 is 5.91 Å². The van der Waals surface area contributed by atoms with Gasteiger partial charge < -0.3 is 15.1 Å². The Bertz CT molecular complexity index is 331. The Hall–Kier alpha value is -1.29. The van der Waals surface area contributed by atoms with Crippen molar-refractivity contribution in [2.45, 2.75) is 25.8 Å². The van der Waals surface area contributed by atoms with Crippen molar-refractivity contribution in [3.05, 3.63) is 24.2 Å². The summed E-state index contributed by atoms with van der Waals surface area (Å²) in [7, 11) is 0. The molecule has 0 aromatic carbocycles. The van der Waals surface area contributed by atoms with E-state index in [1.807, 2.05) is 19.1 Å². The summed E-state index contributed by atoms with van der Waals surface area (Å²) in [5.41, 5.74) is 0. The van der Waals surface area contributed by atoms with Gasteiger partial charge in [-0.2, -0.15) is 0 Å². The molecule has 1 aliphatic carbocycles. The first-order chi connectivity index (χ1) is 7.75. The van der Waals surface area contributed by atoms with Gasteiger partial charge in [0.05, 0.1) is 18.8 Å². The zero-order valence-corrected chi connectivity index (χ0v) is 9.53. The number of carbonyl (C=O) groups is 1. The molecular weight excluding hydrogens is 204 g/mol. The average Bonchev–Trinajstić information content (AvgIpc) is 2.91. The molecular formula is C12H18N2O2. The molecule has 1 fully saturated rings. The van der Waals surface area contributed by atoms with Gasteiger partial charge in [0.1, 0.15) is 5.76 Å². The fourth-order valence-electron chi connectivity index (χ4n) is 1.61. The Labute approximate surface area is 95.4 Å². The summed E-state index contributed by atoms with van der Waals surface area (Å²) < 4.78 is 5.21. The van der Waals surface area contributed by atoms with E-state index in [1.54, 1.807) is 6.26 Å². The van der Waals surface area contributed by atoms with Crippen LogP contribution in [-0.2, 0) is 4.79 Å². The second-order valence-electron chi connectivity index (χ2n) is 4.38. The van der Waals surface area contributed by atoms with Gasteiger partial charge in [-0.3, -0.25) is 4.79 Å². The minimum atomic E-state index is -0.0646. The van der Waals surface area contributed by atoms with Gasteiger partial charge >= 0.3 is 0 Å². The molecule has 88 valence electrons. The minimum Gasteiger partial charge on any atom is -0.467 e. The SMILES string of the molecule is C[C@H](NC(=O)CNCC1CC1)c1ccco1. The fraction of sp³-hybridized carbons (Fsp3) is 0.583. The molecule has 1 amide bonds. The number of carbonyl (C=O) groups excluding carboxylic acids is 1. The van der Waals surface area contributed by atoms with Crippen molar-refractivity contribution in [1.29, 1.82) is 0 Å². The number of hydrogen-bond donors (Lipinski definition) is 2. The van der Waals surface area contributed by atoms with E-state index in [-0.39, 0.29) is 11.9 Å². The summed E-state index contributed by atoms with van der Waals surface area (Å²) in [5.74, 6) is 1.61. The van der Waals surface area contributed by atoms with E-state index in [2.05, 4.69) is 10.6 Å². The molecule has 1 aromatic rings. The quantitative estimate of drug-likeness (QED) is 0.766. The molecule has 0 bridgehead atoms.